The normalized spacial score (nSPS) is 10.3. The van der Waals surface area contributed by atoms with Crippen LogP contribution < -0.4 is 5.32 Å². The Kier molecular flexibility index (Phi) is 6.54. The molecule has 23 heavy (non-hydrogen) atoms. The molecule has 0 fully saturated rings. The molecule has 122 valence electrons. The molecule has 1 aromatic carbocycles. The van der Waals surface area contributed by atoms with E-state index < -0.39 is 0 Å². The number of unbranched alkanes of at least 4 members (excludes halogenated alkanes) is 2. The topological polar surface area (TPSA) is 58.1 Å². The van der Waals surface area contributed by atoms with Gasteiger partial charge in [-0.05, 0) is 24.1 Å². The third kappa shape index (κ3) is 5.36. The van der Waals surface area contributed by atoms with Crippen LogP contribution in [0.1, 0.15) is 42.2 Å². The van der Waals surface area contributed by atoms with Crippen LogP contribution in [0.2, 0.25) is 0 Å². The van der Waals surface area contributed by atoms with Crippen LogP contribution in [0, 0.1) is 0 Å². The Morgan fingerprint density at radius 1 is 1.09 bits per heavy atom. The summed E-state index contributed by atoms with van der Waals surface area (Å²) in [5.41, 5.74) is 1.45. The number of hydrogen-bond donors (Lipinski definition) is 1. The van der Waals surface area contributed by atoms with E-state index in [1.54, 1.807) is 18.0 Å². The summed E-state index contributed by atoms with van der Waals surface area (Å²) >= 11 is 0. The van der Waals surface area contributed by atoms with E-state index in [-0.39, 0.29) is 5.91 Å². The van der Waals surface area contributed by atoms with E-state index in [0.717, 1.165) is 18.5 Å². The fraction of sp³-hybridized carbons (Fsp3) is 0.389. The molecular formula is C18H24N4O. The minimum Gasteiger partial charge on any atom is -0.369 e. The van der Waals surface area contributed by atoms with Crippen LogP contribution in [0.5, 0.6) is 0 Å². The highest BCUT2D eigenvalue weighted by Gasteiger charge is 2.14. The zero-order valence-electron chi connectivity index (χ0n) is 13.8. The highest BCUT2D eigenvalue weighted by atomic mass is 16.2. The number of nitrogens with one attached hydrogen (secondary N) is 1. The summed E-state index contributed by atoms with van der Waals surface area (Å²) in [7, 11) is 1.77. The largest absolute Gasteiger partial charge is 0.369 e. The van der Waals surface area contributed by atoms with Gasteiger partial charge in [0.15, 0.2) is 5.69 Å². The number of hydrogen-bond acceptors (Lipinski definition) is 4. The first kappa shape index (κ1) is 16.9. The molecule has 0 saturated carbocycles. The van der Waals surface area contributed by atoms with Crippen molar-refractivity contribution < 1.29 is 4.79 Å². The molecule has 1 N–H and O–H groups in total. The third-order valence-electron chi connectivity index (χ3n) is 3.58. The second kappa shape index (κ2) is 8.88. The van der Waals surface area contributed by atoms with Gasteiger partial charge in [-0.15, -0.1) is 10.2 Å². The van der Waals surface area contributed by atoms with Gasteiger partial charge < -0.3 is 10.2 Å². The summed E-state index contributed by atoms with van der Waals surface area (Å²) in [4.78, 5) is 14.0. The predicted octanol–water partition coefficient (Wildman–Crippen LogP) is 3.35. The zero-order chi connectivity index (χ0) is 16.5. The standard InChI is InChI=1S/C18H24N4O/c1-3-4-8-13-19-17-12-11-16(20-21-17)18(23)22(2)14-15-9-6-5-7-10-15/h5-7,9-12H,3-4,8,13-14H2,1-2H3,(H,19,21). The fourth-order valence-electron chi connectivity index (χ4n) is 2.26. The Morgan fingerprint density at radius 2 is 1.87 bits per heavy atom. The number of aromatic nitrogens is 2. The molecule has 2 aromatic rings. The lowest BCUT2D eigenvalue weighted by molar-refractivity contribution is 0.0778. The van der Waals surface area contributed by atoms with Crippen LogP contribution in [0.4, 0.5) is 5.82 Å². The summed E-state index contributed by atoms with van der Waals surface area (Å²) in [6, 6.07) is 13.4. The van der Waals surface area contributed by atoms with E-state index >= 15 is 0 Å². The maximum absolute atomic E-state index is 12.4. The van der Waals surface area contributed by atoms with Gasteiger partial charge in [0.1, 0.15) is 5.82 Å². The summed E-state index contributed by atoms with van der Waals surface area (Å²) in [5, 5.41) is 11.3. The predicted molar refractivity (Wildman–Crippen MR) is 92.3 cm³/mol. The van der Waals surface area contributed by atoms with Gasteiger partial charge in [0.2, 0.25) is 0 Å². The second-order valence-electron chi connectivity index (χ2n) is 5.58. The van der Waals surface area contributed by atoms with Crippen molar-refractivity contribution in [3.63, 3.8) is 0 Å². The van der Waals surface area contributed by atoms with Crippen molar-refractivity contribution in [1.82, 2.24) is 15.1 Å². The highest BCUT2D eigenvalue weighted by Crippen LogP contribution is 2.08. The van der Waals surface area contributed by atoms with Gasteiger partial charge in [0.25, 0.3) is 5.91 Å². The van der Waals surface area contributed by atoms with Gasteiger partial charge in [0, 0.05) is 20.1 Å². The van der Waals surface area contributed by atoms with Crippen molar-refractivity contribution in [2.24, 2.45) is 0 Å². The number of anilines is 1. The van der Waals surface area contributed by atoms with Crippen molar-refractivity contribution in [3.05, 3.63) is 53.7 Å². The van der Waals surface area contributed by atoms with Crippen molar-refractivity contribution in [1.29, 1.82) is 0 Å². The molecule has 0 aliphatic rings. The van der Waals surface area contributed by atoms with E-state index in [2.05, 4.69) is 22.4 Å². The molecule has 0 spiro atoms. The third-order valence-corrected chi connectivity index (χ3v) is 3.58. The summed E-state index contributed by atoms with van der Waals surface area (Å²) in [6.45, 7) is 3.61. The SMILES string of the molecule is CCCCCNc1ccc(C(=O)N(C)Cc2ccccc2)nn1. The molecule has 0 atom stereocenters. The quantitative estimate of drug-likeness (QED) is 0.759. The highest BCUT2D eigenvalue weighted by molar-refractivity contribution is 5.92. The lowest BCUT2D eigenvalue weighted by Gasteiger charge is -2.16. The molecule has 0 aliphatic carbocycles. The minimum atomic E-state index is -0.126. The van der Waals surface area contributed by atoms with Crippen molar-refractivity contribution in [3.8, 4) is 0 Å². The molecule has 1 amide bonds. The first-order valence-corrected chi connectivity index (χ1v) is 8.07. The lowest BCUT2D eigenvalue weighted by atomic mass is 10.2. The van der Waals surface area contributed by atoms with E-state index in [1.807, 2.05) is 36.4 Å². The van der Waals surface area contributed by atoms with Gasteiger partial charge >= 0.3 is 0 Å². The monoisotopic (exact) mass is 312 g/mol. The van der Waals surface area contributed by atoms with Gasteiger partial charge in [-0.2, -0.15) is 0 Å². The van der Waals surface area contributed by atoms with Gasteiger partial charge in [-0.1, -0.05) is 50.1 Å². The number of carbonyl (C=O) groups is 1. The van der Waals surface area contributed by atoms with Crippen LogP contribution in [-0.4, -0.2) is 34.6 Å². The fourth-order valence-corrected chi connectivity index (χ4v) is 2.26. The Morgan fingerprint density at radius 3 is 2.52 bits per heavy atom. The molecule has 1 heterocycles. The lowest BCUT2D eigenvalue weighted by Crippen LogP contribution is -2.27. The van der Waals surface area contributed by atoms with Crippen LogP contribution in [0.25, 0.3) is 0 Å². The molecule has 5 heteroatoms. The summed E-state index contributed by atoms with van der Waals surface area (Å²) < 4.78 is 0. The van der Waals surface area contributed by atoms with Gasteiger partial charge in [-0.3, -0.25) is 4.79 Å². The maximum Gasteiger partial charge on any atom is 0.274 e. The second-order valence-corrected chi connectivity index (χ2v) is 5.58. The first-order valence-electron chi connectivity index (χ1n) is 8.07. The van der Waals surface area contributed by atoms with Crippen LogP contribution in [0.15, 0.2) is 42.5 Å². The van der Waals surface area contributed by atoms with Crippen molar-refractivity contribution in [2.75, 3.05) is 18.9 Å². The molecule has 1 aromatic heterocycles. The van der Waals surface area contributed by atoms with Gasteiger partial charge in [-0.25, -0.2) is 0 Å². The minimum absolute atomic E-state index is 0.126. The molecule has 0 bridgehead atoms. The molecule has 0 radical (unpaired) electrons. The Bertz CT molecular complexity index is 598. The number of benzene rings is 1. The number of rotatable bonds is 8. The number of nitrogens with zero attached hydrogens (tertiary/aromatic N) is 3. The number of amides is 1. The Labute approximate surface area is 137 Å². The smallest absolute Gasteiger partial charge is 0.274 e. The average molecular weight is 312 g/mol. The summed E-state index contributed by atoms with van der Waals surface area (Å²) in [5.74, 6) is 0.585. The molecule has 0 saturated heterocycles. The Hall–Kier alpha value is -2.43. The van der Waals surface area contributed by atoms with E-state index in [0.29, 0.717) is 18.1 Å². The van der Waals surface area contributed by atoms with Crippen LogP contribution in [0.3, 0.4) is 0 Å². The van der Waals surface area contributed by atoms with Crippen LogP contribution in [-0.2, 0) is 6.54 Å². The van der Waals surface area contributed by atoms with Crippen molar-refractivity contribution >= 4 is 11.7 Å². The van der Waals surface area contributed by atoms with Gasteiger partial charge in [0.05, 0.1) is 0 Å². The van der Waals surface area contributed by atoms with E-state index in [1.165, 1.54) is 12.8 Å². The van der Waals surface area contributed by atoms with Crippen LogP contribution >= 0.6 is 0 Å². The maximum atomic E-state index is 12.4. The molecule has 0 aliphatic heterocycles. The molecular weight excluding hydrogens is 288 g/mol. The first-order chi connectivity index (χ1) is 11.2. The summed E-state index contributed by atoms with van der Waals surface area (Å²) in [6.07, 6.45) is 3.49. The molecule has 2 rings (SSSR count). The van der Waals surface area contributed by atoms with Crippen molar-refractivity contribution in [2.45, 2.75) is 32.7 Å². The number of carbonyl (C=O) groups excluding carboxylic acids is 1. The zero-order valence-corrected chi connectivity index (χ0v) is 13.8. The van der Waals surface area contributed by atoms with E-state index in [9.17, 15) is 4.79 Å². The average Bonchev–Trinajstić information content (AvgIpc) is 2.59. The molecule has 0 unspecified atom stereocenters. The molecule has 5 nitrogen and oxygen atoms in total. The Balaban J connectivity index is 1.89. The van der Waals surface area contributed by atoms with E-state index in [4.69, 9.17) is 0 Å².